The molecule has 148 valence electrons. The summed E-state index contributed by atoms with van der Waals surface area (Å²) in [6, 6.07) is 8.57. The molecule has 2 aromatic carbocycles. The maximum atomic E-state index is 12.7. The van der Waals surface area contributed by atoms with Crippen molar-refractivity contribution in [2.75, 3.05) is 5.32 Å². The number of amides is 2. The number of nitrogens with zero attached hydrogens (tertiary/aromatic N) is 1. The van der Waals surface area contributed by atoms with Gasteiger partial charge in [0.1, 0.15) is 0 Å². The number of halogens is 5. The lowest BCUT2D eigenvalue weighted by molar-refractivity contribution is -0.137. The Morgan fingerprint density at radius 1 is 1.11 bits per heavy atom. The van der Waals surface area contributed by atoms with E-state index in [2.05, 4.69) is 15.8 Å². The molecule has 0 radical (unpaired) electrons. The second kappa shape index (κ2) is 9.07. The number of rotatable bonds is 5. The van der Waals surface area contributed by atoms with Crippen molar-refractivity contribution in [1.29, 1.82) is 0 Å². The number of hydrazone groups is 1. The van der Waals surface area contributed by atoms with Crippen LogP contribution in [0.4, 0.5) is 18.9 Å². The fraction of sp³-hybridized carbons (Fsp3) is 0.167. The summed E-state index contributed by atoms with van der Waals surface area (Å²) >= 11 is 11.7. The highest BCUT2D eigenvalue weighted by molar-refractivity contribution is 6.36. The maximum Gasteiger partial charge on any atom is 0.416 e. The van der Waals surface area contributed by atoms with E-state index in [1.807, 2.05) is 0 Å². The summed E-state index contributed by atoms with van der Waals surface area (Å²) in [5, 5.41) is 6.65. The summed E-state index contributed by atoms with van der Waals surface area (Å²) in [6.45, 7) is 1.48. The lowest BCUT2D eigenvalue weighted by Crippen LogP contribution is -2.21. The number of benzene rings is 2. The smallest absolute Gasteiger partial charge is 0.326 e. The Kier molecular flexibility index (Phi) is 7.04. The van der Waals surface area contributed by atoms with Gasteiger partial charge in [0, 0.05) is 16.4 Å². The molecule has 0 spiro atoms. The van der Waals surface area contributed by atoms with Gasteiger partial charge in [-0.2, -0.15) is 18.3 Å². The van der Waals surface area contributed by atoms with Gasteiger partial charge >= 0.3 is 6.18 Å². The minimum absolute atomic E-state index is 0.00427. The van der Waals surface area contributed by atoms with Crippen LogP contribution in [0.2, 0.25) is 10.0 Å². The molecule has 0 saturated heterocycles. The van der Waals surface area contributed by atoms with Crippen LogP contribution in [0.3, 0.4) is 0 Å². The number of carbonyl (C=O) groups is 2. The molecule has 0 bridgehead atoms. The van der Waals surface area contributed by atoms with Gasteiger partial charge in [-0.1, -0.05) is 29.3 Å². The van der Waals surface area contributed by atoms with Crippen LogP contribution >= 0.6 is 23.2 Å². The summed E-state index contributed by atoms with van der Waals surface area (Å²) in [4.78, 5) is 24.0. The molecule has 0 saturated carbocycles. The van der Waals surface area contributed by atoms with E-state index in [-0.39, 0.29) is 28.4 Å². The van der Waals surface area contributed by atoms with Crippen molar-refractivity contribution >= 4 is 46.4 Å². The van der Waals surface area contributed by atoms with Gasteiger partial charge < -0.3 is 5.32 Å². The summed E-state index contributed by atoms with van der Waals surface area (Å²) in [6.07, 6.45) is -4.74. The molecule has 10 heteroatoms. The summed E-state index contributed by atoms with van der Waals surface area (Å²) in [5.41, 5.74) is 1.77. The highest BCUT2D eigenvalue weighted by atomic mass is 35.5. The molecule has 5 nitrogen and oxygen atoms in total. The first-order chi connectivity index (χ1) is 13.1. The standard InChI is InChI=1S/C18H14Cl2F3N3O2/c1-10(25-26-17(28)14-6-5-12(19)9-15(14)20)7-16(27)24-13-4-2-3-11(8-13)18(21,22)23/h2-6,8-9H,7H2,1H3,(H,24,27)(H,26,28)/b25-10-. The minimum Gasteiger partial charge on any atom is -0.326 e. The van der Waals surface area contributed by atoms with Crippen LogP contribution < -0.4 is 10.7 Å². The number of alkyl halides is 3. The van der Waals surface area contributed by atoms with Crippen molar-refractivity contribution in [2.45, 2.75) is 19.5 Å². The van der Waals surface area contributed by atoms with Crippen molar-refractivity contribution in [3.8, 4) is 0 Å². The first kappa shape index (κ1) is 21.7. The molecule has 2 N–H and O–H groups in total. The van der Waals surface area contributed by atoms with Crippen LogP contribution in [-0.2, 0) is 11.0 Å². The molecule has 0 atom stereocenters. The summed E-state index contributed by atoms with van der Waals surface area (Å²) in [7, 11) is 0. The zero-order chi connectivity index (χ0) is 20.9. The Bertz CT molecular complexity index is 931. The molecule has 0 fully saturated rings. The van der Waals surface area contributed by atoms with Gasteiger partial charge in [-0.05, 0) is 43.3 Å². The van der Waals surface area contributed by atoms with E-state index in [1.54, 1.807) is 0 Å². The number of hydrogen-bond donors (Lipinski definition) is 2. The third-order valence-corrected chi connectivity index (χ3v) is 3.96. The monoisotopic (exact) mass is 431 g/mol. The van der Waals surface area contributed by atoms with Gasteiger partial charge in [-0.3, -0.25) is 9.59 Å². The SMILES string of the molecule is C/C(CC(=O)Nc1cccc(C(F)(F)F)c1)=N/NC(=O)c1ccc(Cl)cc1Cl. The summed E-state index contributed by atoms with van der Waals surface area (Å²) in [5.74, 6) is -1.18. The molecule has 0 heterocycles. The average Bonchev–Trinajstić information content (AvgIpc) is 2.59. The fourth-order valence-electron chi connectivity index (χ4n) is 2.13. The van der Waals surface area contributed by atoms with Gasteiger partial charge in [-0.15, -0.1) is 0 Å². The molecular weight excluding hydrogens is 418 g/mol. The third-order valence-electron chi connectivity index (χ3n) is 3.41. The Hall–Kier alpha value is -2.58. The molecule has 0 aromatic heterocycles. The van der Waals surface area contributed by atoms with Crippen LogP contribution in [0.15, 0.2) is 47.6 Å². The second-order valence-corrected chi connectivity index (χ2v) is 6.56. The molecule has 0 aliphatic heterocycles. The number of hydrogen-bond acceptors (Lipinski definition) is 3. The molecule has 0 aliphatic carbocycles. The highest BCUT2D eigenvalue weighted by Crippen LogP contribution is 2.30. The van der Waals surface area contributed by atoms with Crippen LogP contribution in [-0.4, -0.2) is 17.5 Å². The number of anilines is 1. The zero-order valence-electron chi connectivity index (χ0n) is 14.4. The van der Waals surface area contributed by atoms with E-state index < -0.39 is 23.6 Å². The molecule has 28 heavy (non-hydrogen) atoms. The normalized spacial score (nSPS) is 11.9. The van der Waals surface area contributed by atoms with Gasteiger partial charge in [0.2, 0.25) is 5.91 Å². The van der Waals surface area contributed by atoms with E-state index in [9.17, 15) is 22.8 Å². The zero-order valence-corrected chi connectivity index (χ0v) is 15.9. The molecule has 2 aromatic rings. The first-order valence-corrected chi connectivity index (χ1v) is 8.57. The van der Waals surface area contributed by atoms with Crippen molar-refractivity contribution in [3.63, 3.8) is 0 Å². The second-order valence-electron chi connectivity index (χ2n) is 5.72. The molecule has 0 unspecified atom stereocenters. The lowest BCUT2D eigenvalue weighted by atomic mass is 10.2. The van der Waals surface area contributed by atoms with Gasteiger partial charge in [0.15, 0.2) is 0 Å². The predicted octanol–water partition coefficient (Wildman–Crippen LogP) is 5.15. The first-order valence-electron chi connectivity index (χ1n) is 7.82. The molecule has 0 aliphatic rings. The van der Waals surface area contributed by atoms with Crippen LogP contribution in [0.1, 0.15) is 29.3 Å². The third kappa shape index (κ3) is 6.24. The topological polar surface area (TPSA) is 70.6 Å². The van der Waals surface area contributed by atoms with E-state index in [4.69, 9.17) is 23.2 Å². The maximum absolute atomic E-state index is 12.7. The Morgan fingerprint density at radius 3 is 2.46 bits per heavy atom. The van der Waals surface area contributed by atoms with E-state index in [0.717, 1.165) is 12.1 Å². The van der Waals surface area contributed by atoms with Crippen LogP contribution in [0.25, 0.3) is 0 Å². The Morgan fingerprint density at radius 2 is 1.82 bits per heavy atom. The van der Waals surface area contributed by atoms with Crippen molar-refractivity contribution in [2.24, 2.45) is 5.10 Å². The van der Waals surface area contributed by atoms with E-state index in [0.29, 0.717) is 5.02 Å². The van der Waals surface area contributed by atoms with Crippen molar-refractivity contribution in [3.05, 3.63) is 63.6 Å². The average molecular weight is 432 g/mol. The number of carbonyl (C=O) groups excluding carboxylic acids is 2. The Labute approximate surface area is 168 Å². The Balaban J connectivity index is 1.95. The van der Waals surface area contributed by atoms with Crippen molar-refractivity contribution in [1.82, 2.24) is 5.43 Å². The van der Waals surface area contributed by atoms with Gasteiger partial charge in [-0.25, -0.2) is 5.43 Å². The highest BCUT2D eigenvalue weighted by Gasteiger charge is 2.30. The fourth-order valence-corrected chi connectivity index (χ4v) is 2.62. The largest absolute Gasteiger partial charge is 0.416 e. The van der Waals surface area contributed by atoms with E-state index in [1.165, 1.54) is 37.3 Å². The van der Waals surface area contributed by atoms with Crippen LogP contribution in [0, 0.1) is 0 Å². The molecular formula is C18H14Cl2F3N3O2. The van der Waals surface area contributed by atoms with Crippen LogP contribution in [0.5, 0.6) is 0 Å². The molecule has 2 amide bonds. The predicted molar refractivity (Wildman–Crippen MR) is 102 cm³/mol. The minimum atomic E-state index is -4.51. The quantitative estimate of drug-likeness (QED) is 0.507. The molecule has 2 rings (SSSR count). The van der Waals surface area contributed by atoms with Gasteiger partial charge in [0.05, 0.1) is 22.6 Å². The summed E-state index contributed by atoms with van der Waals surface area (Å²) < 4.78 is 38.1. The lowest BCUT2D eigenvalue weighted by Gasteiger charge is -2.10. The van der Waals surface area contributed by atoms with Gasteiger partial charge in [0.25, 0.3) is 5.91 Å². The van der Waals surface area contributed by atoms with E-state index >= 15 is 0 Å². The van der Waals surface area contributed by atoms with Crippen molar-refractivity contribution < 1.29 is 22.8 Å². The number of nitrogens with one attached hydrogen (secondary N) is 2.